The zero-order valence-electron chi connectivity index (χ0n) is 13.8. The Morgan fingerprint density at radius 3 is 1.92 bits per heavy atom. The molecule has 1 aliphatic carbocycles. The molecule has 0 saturated heterocycles. The van der Waals surface area contributed by atoms with Crippen molar-refractivity contribution >= 4 is 5.78 Å². The van der Waals surface area contributed by atoms with E-state index in [4.69, 9.17) is 0 Å². The lowest BCUT2D eigenvalue weighted by atomic mass is 9.94. The van der Waals surface area contributed by atoms with E-state index >= 15 is 0 Å². The number of aliphatic hydroxyl groups excluding tert-OH is 4. The monoisotopic (exact) mass is 360 g/mol. The van der Waals surface area contributed by atoms with Gasteiger partial charge in [-0.15, -0.1) is 0 Å². The predicted octanol–water partition coefficient (Wildman–Crippen LogP) is -0.124. The number of ketones is 1. The highest BCUT2D eigenvalue weighted by atomic mass is 16.4. The molecule has 2 aromatic carbocycles. The first kappa shape index (κ1) is 18.3. The molecule has 138 valence electrons. The van der Waals surface area contributed by atoms with Gasteiger partial charge in [0.2, 0.25) is 0 Å². The van der Waals surface area contributed by atoms with Crippen LogP contribution in [0.15, 0.2) is 36.4 Å². The highest BCUT2D eigenvalue weighted by molar-refractivity contribution is 5.86. The molecule has 0 spiro atoms. The zero-order valence-corrected chi connectivity index (χ0v) is 13.8. The summed E-state index contributed by atoms with van der Waals surface area (Å²) in [6.45, 7) is 0. The van der Waals surface area contributed by atoms with Gasteiger partial charge in [0.15, 0.2) is 5.78 Å². The minimum atomic E-state index is -1.87. The molecular weight excluding hydrogens is 340 g/mol. The molecular formula is C19H20O7. The van der Waals surface area contributed by atoms with Crippen molar-refractivity contribution in [3.05, 3.63) is 47.5 Å². The van der Waals surface area contributed by atoms with Gasteiger partial charge in [-0.2, -0.15) is 0 Å². The first-order chi connectivity index (χ1) is 12.3. The number of hydrogen-bond acceptors (Lipinski definition) is 7. The quantitative estimate of drug-likeness (QED) is 0.385. The third-order valence-corrected chi connectivity index (χ3v) is 4.63. The van der Waals surface area contributed by atoms with Gasteiger partial charge in [-0.25, -0.2) is 0 Å². The summed E-state index contributed by atoms with van der Waals surface area (Å²) in [5, 5.41) is 60.5. The average molecular weight is 360 g/mol. The van der Waals surface area contributed by atoms with Crippen LogP contribution >= 0.6 is 0 Å². The van der Waals surface area contributed by atoms with Gasteiger partial charge in [-0.3, -0.25) is 4.79 Å². The molecule has 2 aromatic rings. The Morgan fingerprint density at radius 2 is 1.31 bits per heavy atom. The number of carbonyl (C=O) groups excluding carboxylic acids is 1. The van der Waals surface area contributed by atoms with Crippen LogP contribution in [0.3, 0.4) is 0 Å². The SMILES string of the molecule is O=C1Cc2ccc(O)c(c2)-c2cc(ccc2O)C[C@@H](O)[C@@H](O)[C@@H](O)[C@H]1O. The van der Waals surface area contributed by atoms with Crippen molar-refractivity contribution in [3.8, 4) is 22.6 Å². The van der Waals surface area contributed by atoms with E-state index < -0.39 is 30.2 Å². The van der Waals surface area contributed by atoms with E-state index in [1.807, 2.05) is 0 Å². The maximum atomic E-state index is 12.2. The molecule has 26 heavy (non-hydrogen) atoms. The normalized spacial score (nSPS) is 26.5. The topological polar surface area (TPSA) is 138 Å². The Kier molecular flexibility index (Phi) is 4.97. The van der Waals surface area contributed by atoms with E-state index in [0.717, 1.165) is 0 Å². The summed E-state index contributed by atoms with van der Waals surface area (Å²) in [6.07, 6.45) is -7.23. The summed E-state index contributed by atoms with van der Waals surface area (Å²) in [6, 6.07) is 8.84. The molecule has 0 unspecified atom stereocenters. The third-order valence-electron chi connectivity index (χ3n) is 4.63. The van der Waals surface area contributed by atoms with Crippen molar-refractivity contribution in [2.75, 3.05) is 0 Å². The number of carbonyl (C=O) groups is 1. The van der Waals surface area contributed by atoms with Gasteiger partial charge in [0.25, 0.3) is 0 Å². The van der Waals surface area contributed by atoms with Crippen molar-refractivity contribution in [2.45, 2.75) is 37.3 Å². The first-order valence-electron chi connectivity index (χ1n) is 8.17. The lowest BCUT2D eigenvalue weighted by Crippen LogP contribution is -2.48. The predicted molar refractivity (Wildman–Crippen MR) is 91.6 cm³/mol. The van der Waals surface area contributed by atoms with Crippen LogP contribution in [0.25, 0.3) is 11.1 Å². The largest absolute Gasteiger partial charge is 0.507 e. The van der Waals surface area contributed by atoms with Gasteiger partial charge in [0, 0.05) is 24.0 Å². The average Bonchev–Trinajstić information content (AvgIpc) is 2.62. The molecule has 4 bridgehead atoms. The highest BCUT2D eigenvalue weighted by Crippen LogP contribution is 2.37. The van der Waals surface area contributed by atoms with E-state index in [-0.39, 0.29) is 24.3 Å². The maximum Gasteiger partial charge on any atom is 0.168 e. The van der Waals surface area contributed by atoms with Gasteiger partial charge in [-0.1, -0.05) is 12.1 Å². The van der Waals surface area contributed by atoms with Gasteiger partial charge < -0.3 is 30.6 Å². The second-order valence-corrected chi connectivity index (χ2v) is 6.54. The highest BCUT2D eigenvalue weighted by Gasteiger charge is 2.34. The molecule has 0 radical (unpaired) electrons. The lowest BCUT2D eigenvalue weighted by Gasteiger charge is -2.26. The minimum Gasteiger partial charge on any atom is -0.507 e. The molecule has 0 aliphatic heterocycles. The number of phenols is 2. The van der Waals surface area contributed by atoms with Crippen molar-refractivity contribution in [1.29, 1.82) is 0 Å². The Balaban J connectivity index is 2.16. The Labute approximate surface area is 149 Å². The van der Waals surface area contributed by atoms with Crippen LogP contribution in [0.2, 0.25) is 0 Å². The van der Waals surface area contributed by atoms with E-state index in [9.17, 15) is 35.4 Å². The molecule has 6 N–H and O–H groups in total. The van der Waals surface area contributed by atoms with Crippen LogP contribution < -0.4 is 0 Å². The standard InChI is InChI=1S/C19H20O7/c20-13-3-1-9-5-11(13)12-6-10(2-4-14(12)21)8-16(23)18(25)19(26)17(24)15(22)7-9/h1-6,15,17-22,24-26H,7-8H2/t15-,17-,18+,19-/m1/s1. The van der Waals surface area contributed by atoms with Crippen LogP contribution in [-0.2, 0) is 17.6 Å². The molecule has 0 amide bonds. The van der Waals surface area contributed by atoms with Gasteiger partial charge in [0.05, 0.1) is 6.10 Å². The summed E-state index contributed by atoms with van der Waals surface area (Å²) >= 11 is 0. The fourth-order valence-corrected chi connectivity index (χ4v) is 3.11. The number of benzene rings is 2. The number of fused-ring (bicyclic) bond motifs is 5. The summed E-state index contributed by atoms with van der Waals surface area (Å²) in [5.41, 5.74) is 1.57. The molecule has 7 nitrogen and oxygen atoms in total. The van der Waals surface area contributed by atoms with Crippen molar-refractivity contribution in [1.82, 2.24) is 0 Å². The van der Waals surface area contributed by atoms with Crippen LogP contribution in [0.5, 0.6) is 11.5 Å². The maximum absolute atomic E-state index is 12.2. The minimum absolute atomic E-state index is 0.0904. The molecule has 0 fully saturated rings. The van der Waals surface area contributed by atoms with Gasteiger partial charge in [0.1, 0.15) is 29.8 Å². The number of rotatable bonds is 0. The summed E-state index contributed by atoms with van der Waals surface area (Å²) in [4.78, 5) is 12.2. The number of aliphatic hydroxyl groups is 4. The summed E-state index contributed by atoms with van der Waals surface area (Å²) in [7, 11) is 0. The van der Waals surface area contributed by atoms with Crippen LogP contribution in [-0.4, -0.2) is 60.8 Å². The summed E-state index contributed by atoms with van der Waals surface area (Å²) < 4.78 is 0. The molecule has 0 aromatic heterocycles. The second kappa shape index (κ2) is 7.05. The first-order valence-corrected chi connectivity index (χ1v) is 8.17. The molecule has 3 rings (SSSR count). The van der Waals surface area contributed by atoms with Crippen molar-refractivity contribution < 1.29 is 35.4 Å². The van der Waals surface area contributed by atoms with Crippen LogP contribution in [0.4, 0.5) is 0 Å². The van der Waals surface area contributed by atoms with E-state index in [1.54, 1.807) is 6.07 Å². The molecule has 7 heteroatoms. The van der Waals surface area contributed by atoms with E-state index in [2.05, 4.69) is 0 Å². The van der Waals surface area contributed by atoms with Crippen LogP contribution in [0, 0.1) is 0 Å². The van der Waals surface area contributed by atoms with Crippen LogP contribution in [0.1, 0.15) is 11.1 Å². The zero-order chi connectivity index (χ0) is 19.0. The molecule has 1 aliphatic rings. The van der Waals surface area contributed by atoms with E-state index in [0.29, 0.717) is 22.3 Å². The van der Waals surface area contributed by atoms with Gasteiger partial charge >= 0.3 is 0 Å². The fraction of sp³-hybridized carbons (Fsp3) is 0.316. The Hall–Kier alpha value is -2.45. The Morgan fingerprint density at radius 1 is 0.769 bits per heavy atom. The third kappa shape index (κ3) is 3.42. The number of phenolic OH excluding ortho intramolecular Hbond substituents is 2. The smallest absolute Gasteiger partial charge is 0.168 e. The lowest BCUT2D eigenvalue weighted by molar-refractivity contribution is -0.144. The van der Waals surface area contributed by atoms with E-state index in [1.165, 1.54) is 30.3 Å². The molecule has 4 atom stereocenters. The van der Waals surface area contributed by atoms with Crippen molar-refractivity contribution in [2.24, 2.45) is 0 Å². The van der Waals surface area contributed by atoms with Gasteiger partial charge in [-0.05, 0) is 35.4 Å². The molecule has 0 heterocycles. The number of hydrogen-bond donors (Lipinski definition) is 6. The number of aromatic hydroxyl groups is 2. The molecule has 0 saturated carbocycles. The Bertz CT molecular complexity index is 833. The van der Waals surface area contributed by atoms with Crippen molar-refractivity contribution in [3.63, 3.8) is 0 Å². The summed E-state index contributed by atoms with van der Waals surface area (Å²) in [5.74, 6) is -0.947. The fourth-order valence-electron chi connectivity index (χ4n) is 3.11. The number of Topliss-reactive ketones (excluding diaryl/α,β-unsaturated/α-hetero) is 1. The second-order valence-electron chi connectivity index (χ2n) is 6.54.